The molecule has 0 aromatic rings. The van der Waals surface area contributed by atoms with Crippen LogP contribution in [0.1, 0.15) is 52.4 Å². The fourth-order valence-corrected chi connectivity index (χ4v) is 1.61. The summed E-state index contributed by atoms with van der Waals surface area (Å²) in [6.07, 6.45) is 7.84. The molecule has 0 bridgehead atoms. The summed E-state index contributed by atoms with van der Waals surface area (Å²) in [6, 6.07) is 0. The lowest BCUT2D eigenvalue weighted by atomic mass is 10.1. The highest BCUT2D eigenvalue weighted by Crippen LogP contribution is 2.09. The zero-order valence-corrected chi connectivity index (χ0v) is 10.3. The molecular weight excluding hydrogens is 200 g/mol. The molecule has 78 valence electrons. The minimum absolute atomic E-state index is 0.228. The van der Waals surface area contributed by atoms with Crippen LogP contribution in [0.5, 0.6) is 0 Å². The van der Waals surface area contributed by atoms with Crippen LogP contribution in [-0.4, -0.2) is 10.5 Å². The smallest absolute Gasteiger partial charge is 0.217 e. The first-order valence-corrected chi connectivity index (χ1v) is 5.92. The molecule has 0 heterocycles. The van der Waals surface area contributed by atoms with Gasteiger partial charge in [0.15, 0.2) is 0 Å². The molecule has 0 aliphatic rings. The number of hydrogen-bond acceptors (Lipinski definition) is 2. The van der Waals surface area contributed by atoms with Crippen LogP contribution < -0.4 is 0 Å². The van der Waals surface area contributed by atoms with Crippen LogP contribution in [0.15, 0.2) is 0 Å². The molecular formula is C10H20OS2. The van der Waals surface area contributed by atoms with Crippen molar-refractivity contribution in [1.29, 1.82) is 0 Å². The number of rotatable bonds is 7. The third kappa shape index (κ3) is 10.2. The van der Waals surface area contributed by atoms with Crippen molar-refractivity contribution in [3.63, 3.8) is 0 Å². The van der Waals surface area contributed by atoms with Gasteiger partial charge in [0.2, 0.25) is 4.38 Å². The summed E-state index contributed by atoms with van der Waals surface area (Å²) in [6.45, 7) is 4.27. The summed E-state index contributed by atoms with van der Waals surface area (Å²) in [5.41, 5.74) is 0. The molecule has 0 N–H and O–H groups in total. The zero-order valence-electron chi connectivity index (χ0n) is 8.58. The number of hydrogen-bond donors (Lipinski definition) is 1. The van der Waals surface area contributed by atoms with Crippen LogP contribution >= 0.6 is 24.8 Å². The van der Waals surface area contributed by atoms with E-state index in [9.17, 15) is 0 Å². The van der Waals surface area contributed by atoms with Gasteiger partial charge in [0.1, 0.15) is 0 Å². The lowest BCUT2D eigenvalue weighted by Gasteiger charge is -2.11. The van der Waals surface area contributed by atoms with Crippen molar-refractivity contribution in [2.45, 2.75) is 58.5 Å². The minimum atomic E-state index is 0.228. The molecule has 0 radical (unpaired) electrons. The lowest BCUT2D eigenvalue weighted by Crippen LogP contribution is -2.09. The molecule has 0 rings (SSSR count). The van der Waals surface area contributed by atoms with Gasteiger partial charge in [-0.25, -0.2) is 0 Å². The Morgan fingerprint density at radius 3 is 2.46 bits per heavy atom. The molecule has 0 aromatic heterocycles. The van der Waals surface area contributed by atoms with E-state index in [0.29, 0.717) is 4.38 Å². The first-order chi connectivity index (χ1) is 6.16. The van der Waals surface area contributed by atoms with Crippen molar-refractivity contribution < 1.29 is 4.74 Å². The Morgan fingerprint density at radius 1 is 1.31 bits per heavy atom. The summed E-state index contributed by atoms with van der Waals surface area (Å²) < 4.78 is 5.61. The molecule has 0 saturated heterocycles. The van der Waals surface area contributed by atoms with E-state index >= 15 is 0 Å². The molecule has 1 nitrogen and oxygen atoms in total. The van der Waals surface area contributed by atoms with Gasteiger partial charge in [0.05, 0.1) is 6.10 Å². The molecule has 0 saturated carbocycles. The predicted molar refractivity (Wildman–Crippen MR) is 65.5 cm³/mol. The molecule has 13 heavy (non-hydrogen) atoms. The van der Waals surface area contributed by atoms with Gasteiger partial charge in [-0.05, 0) is 32.0 Å². The predicted octanol–water partition coefficient (Wildman–Crippen LogP) is 3.97. The molecule has 1 atom stereocenters. The van der Waals surface area contributed by atoms with Gasteiger partial charge in [-0.3, -0.25) is 0 Å². The second-order valence-electron chi connectivity index (χ2n) is 3.40. The van der Waals surface area contributed by atoms with E-state index in [1.165, 1.54) is 32.1 Å². The minimum Gasteiger partial charge on any atom is -0.476 e. The first kappa shape index (κ1) is 13.2. The maximum atomic E-state index is 5.25. The van der Waals surface area contributed by atoms with Crippen LogP contribution in [0.4, 0.5) is 0 Å². The Labute approximate surface area is 92.7 Å². The van der Waals surface area contributed by atoms with Crippen molar-refractivity contribution in [2.24, 2.45) is 0 Å². The molecule has 0 spiro atoms. The molecule has 0 aliphatic carbocycles. The largest absolute Gasteiger partial charge is 0.476 e. The van der Waals surface area contributed by atoms with Gasteiger partial charge < -0.3 is 4.74 Å². The quantitative estimate of drug-likeness (QED) is 0.395. The normalized spacial score (nSPS) is 12.5. The van der Waals surface area contributed by atoms with Crippen molar-refractivity contribution in [1.82, 2.24) is 0 Å². The van der Waals surface area contributed by atoms with Crippen molar-refractivity contribution in [2.75, 3.05) is 0 Å². The first-order valence-electron chi connectivity index (χ1n) is 5.06. The summed E-state index contributed by atoms with van der Waals surface area (Å²) in [4.78, 5) is 0. The third-order valence-corrected chi connectivity index (χ3v) is 2.22. The van der Waals surface area contributed by atoms with E-state index in [4.69, 9.17) is 17.0 Å². The van der Waals surface area contributed by atoms with Crippen molar-refractivity contribution >= 4 is 29.2 Å². The Kier molecular flexibility index (Phi) is 8.98. The van der Waals surface area contributed by atoms with Gasteiger partial charge >= 0.3 is 0 Å². The van der Waals surface area contributed by atoms with E-state index in [-0.39, 0.29) is 6.10 Å². The Balaban J connectivity index is 3.17. The van der Waals surface area contributed by atoms with Crippen LogP contribution in [0.2, 0.25) is 0 Å². The fourth-order valence-electron chi connectivity index (χ4n) is 1.27. The Hall–Kier alpha value is 0.240. The Morgan fingerprint density at radius 2 is 1.92 bits per heavy atom. The van der Waals surface area contributed by atoms with E-state index < -0.39 is 0 Å². The molecule has 0 amide bonds. The zero-order chi connectivity index (χ0) is 10.1. The van der Waals surface area contributed by atoms with Gasteiger partial charge in [-0.2, -0.15) is 0 Å². The second kappa shape index (κ2) is 8.82. The highest BCUT2D eigenvalue weighted by Gasteiger charge is 2.02. The van der Waals surface area contributed by atoms with E-state index in [0.717, 1.165) is 6.42 Å². The summed E-state index contributed by atoms with van der Waals surface area (Å²) >= 11 is 8.66. The van der Waals surface area contributed by atoms with E-state index in [2.05, 4.69) is 19.6 Å². The lowest BCUT2D eigenvalue weighted by molar-refractivity contribution is 0.206. The average Bonchev–Trinajstić information content (AvgIpc) is 2.02. The van der Waals surface area contributed by atoms with Gasteiger partial charge in [0.25, 0.3) is 0 Å². The number of unbranched alkanes of at least 4 members (excludes halogenated alkanes) is 4. The second-order valence-corrected chi connectivity index (χ2v) is 4.48. The van der Waals surface area contributed by atoms with Gasteiger partial charge in [-0.15, -0.1) is 0 Å². The molecule has 3 heteroatoms. The maximum absolute atomic E-state index is 5.25. The maximum Gasteiger partial charge on any atom is 0.217 e. The van der Waals surface area contributed by atoms with Crippen molar-refractivity contribution in [3.05, 3.63) is 0 Å². The number of thiol groups is 1. The highest BCUT2D eigenvalue weighted by atomic mass is 32.1. The molecule has 0 aromatic carbocycles. The van der Waals surface area contributed by atoms with Crippen LogP contribution in [0, 0.1) is 0 Å². The van der Waals surface area contributed by atoms with Crippen molar-refractivity contribution in [3.8, 4) is 0 Å². The fraction of sp³-hybridized carbons (Fsp3) is 0.900. The van der Waals surface area contributed by atoms with Crippen LogP contribution in [0.3, 0.4) is 0 Å². The van der Waals surface area contributed by atoms with Gasteiger partial charge in [0, 0.05) is 0 Å². The monoisotopic (exact) mass is 220 g/mol. The van der Waals surface area contributed by atoms with E-state index in [1.807, 2.05) is 6.92 Å². The van der Waals surface area contributed by atoms with E-state index in [1.54, 1.807) is 0 Å². The average molecular weight is 220 g/mol. The number of thiocarbonyl (C=S) groups is 1. The number of ether oxygens (including phenoxy) is 1. The van der Waals surface area contributed by atoms with Crippen LogP contribution in [-0.2, 0) is 4.74 Å². The summed E-state index contributed by atoms with van der Waals surface area (Å²) in [7, 11) is 0. The molecule has 0 fully saturated rings. The standard InChI is InChI=1S/C10H20OS2/c1-3-4-5-6-7-8-9(2)11-10(12)13/h9H,3-8H2,1-2H3,(H,12,13). The summed E-state index contributed by atoms with van der Waals surface area (Å²) in [5.74, 6) is 0. The van der Waals surface area contributed by atoms with Crippen LogP contribution in [0.25, 0.3) is 0 Å². The Bertz CT molecular complexity index is 137. The third-order valence-electron chi connectivity index (χ3n) is 2.02. The molecule has 1 unspecified atom stereocenters. The topological polar surface area (TPSA) is 9.23 Å². The van der Waals surface area contributed by atoms with Gasteiger partial charge in [-0.1, -0.05) is 45.2 Å². The summed E-state index contributed by atoms with van der Waals surface area (Å²) in [5, 5.41) is 0. The molecule has 0 aliphatic heterocycles. The SMILES string of the molecule is CCCCCCCC(C)OC(=S)S. The highest BCUT2D eigenvalue weighted by molar-refractivity contribution is 8.10.